The fourth-order valence-electron chi connectivity index (χ4n) is 4.41. The van der Waals surface area contributed by atoms with Crippen LogP contribution in [0.15, 0.2) is 40.0 Å². The van der Waals surface area contributed by atoms with Gasteiger partial charge in [-0.1, -0.05) is 25.1 Å². The van der Waals surface area contributed by atoms with Crippen molar-refractivity contribution in [1.82, 2.24) is 9.55 Å². The van der Waals surface area contributed by atoms with E-state index in [-0.39, 0.29) is 57.4 Å². The molecule has 2 atom stereocenters. The van der Waals surface area contributed by atoms with Gasteiger partial charge in [0.15, 0.2) is 0 Å². The van der Waals surface area contributed by atoms with Crippen molar-refractivity contribution in [1.29, 1.82) is 0 Å². The van der Waals surface area contributed by atoms with E-state index in [1.165, 1.54) is 0 Å². The number of pyridine rings is 2. The fraction of sp³-hybridized carbons (Fsp3) is 0.273. The van der Waals surface area contributed by atoms with E-state index in [0.717, 1.165) is 10.9 Å². The number of ether oxygens (including phenoxy) is 1. The molecule has 0 amide bonds. The van der Waals surface area contributed by atoms with E-state index in [9.17, 15) is 13.8 Å². The standard InChI is InChI=1S/C22H19N2O4S.Y/c1-4-22(2)15-9-17-18-13(10-24(17)20(25)14(15)11-28-21(22)26)19(29(3)27)12-7-5-6-8-16(12)23-18;/h5-9H,3-4,10-11H2,1-2H3;/q-1;. The number of carbonyl (C=O) groups excluding carboxylic acids is 1. The van der Waals surface area contributed by atoms with Crippen molar-refractivity contribution in [2.45, 2.75) is 43.7 Å². The van der Waals surface area contributed by atoms with Crippen LogP contribution in [0.25, 0.3) is 22.3 Å². The van der Waals surface area contributed by atoms with Crippen LogP contribution in [0.2, 0.25) is 0 Å². The first-order chi connectivity index (χ1) is 13.9. The molecule has 30 heavy (non-hydrogen) atoms. The number of fused-ring (bicyclic) bond motifs is 5. The molecule has 151 valence electrons. The van der Waals surface area contributed by atoms with Gasteiger partial charge in [0.25, 0.3) is 5.56 Å². The Balaban J connectivity index is 0.00000218. The van der Waals surface area contributed by atoms with Crippen LogP contribution in [0.3, 0.4) is 0 Å². The number of hydrogen-bond acceptors (Lipinski definition) is 5. The van der Waals surface area contributed by atoms with Crippen molar-refractivity contribution in [2.24, 2.45) is 0 Å². The zero-order chi connectivity index (χ0) is 20.5. The number of benzene rings is 1. The molecule has 5 rings (SSSR count). The number of rotatable bonds is 2. The quantitative estimate of drug-likeness (QED) is 0.315. The summed E-state index contributed by atoms with van der Waals surface area (Å²) in [5.74, 6) is -0.318. The van der Waals surface area contributed by atoms with E-state index in [0.29, 0.717) is 39.3 Å². The number of cyclic esters (lactones) is 1. The molecule has 0 spiro atoms. The Bertz CT molecular complexity index is 1320. The smallest absolute Gasteiger partial charge is 0.316 e. The molecule has 4 heterocycles. The molecule has 1 aromatic carbocycles. The molecule has 0 fully saturated rings. The average Bonchev–Trinajstić information content (AvgIpc) is 3.07. The Morgan fingerprint density at radius 3 is 2.70 bits per heavy atom. The summed E-state index contributed by atoms with van der Waals surface area (Å²) in [5.41, 5.74) is 2.88. The normalized spacial score (nSPS) is 20.0. The van der Waals surface area contributed by atoms with E-state index in [4.69, 9.17) is 9.72 Å². The molecule has 2 aliphatic rings. The Hall–Kier alpha value is -1.70. The van der Waals surface area contributed by atoms with Gasteiger partial charge < -0.3 is 9.30 Å². The van der Waals surface area contributed by atoms with E-state index in [1.54, 1.807) is 4.57 Å². The summed E-state index contributed by atoms with van der Waals surface area (Å²) in [6.07, 6.45) is 4.26. The number of carbonyl (C=O) groups is 1. The molecule has 0 saturated carbocycles. The van der Waals surface area contributed by atoms with Gasteiger partial charge in [-0.05, 0) is 31.0 Å². The predicted molar refractivity (Wildman–Crippen MR) is 110 cm³/mol. The molecular weight excluding hydrogens is 477 g/mol. The number of hydrogen-bond donors (Lipinski definition) is 0. The third kappa shape index (κ3) is 2.82. The van der Waals surface area contributed by atoms with E-state index < -0.39 is 16.2 Å². The molecule has 0 N–H and O–H groups in total. The van der Waals surface area contributed by atoms with Crippen molar-refractivity contribution < 1.29 is 46.4 Å². The van der Waals surface area contributed by atoms with Gasteiger partial charge in [-0.15, -0.1) is 10.8 Å². The maximum atomic E-state index is 13.3. The van der Waals surface area contributed by atoms with Crippen LogP contribution >= 0.6 is 0 Å². The van der Waals surface area contributed by atoms with Gasteiger partial charge in [-0.25, -0.2) is 11.2 Å². The van der Waals surface area contributed by atoms with Crippen LogP contribution in [0, 0.1) is 6.26 Å². The van der Waals surface area contributed by atoms with Gasteiger partial charge in [-0.2, -0.15) is 0 Å². The van der Waals surface area contributed by atoms with E-state index >= 15 is 0 Å². The molecule has 6 nitrogen and oxygen atoms in total. The van der Waals surface area contributed by atoms with Gasteiger partial charge in [0.1, 0.15) is 6.61 Å². The third-order valence-corrected chi connectivity index (χ3v) is 7.15. The number of esters is 1. The van der Waals surface area contributed by atoms with Gasteiger partial charge in [-0.3, -0.25) is 13.8 Å². The maximum Gasteiger partial charge on any atom is 0.316 e. The summed E-state index contributed by atoms with van der Waals surface area (Å²) in [4.78, 5) is 31.2. The van der Waals surface area contributed by atoms with Crippen LogP contribution < -0.4 is 5.56 Å². The first-order valence-corrected chi connectivity index (χ1v) is 10.8. The summed E-state index contributed by atoms with van der Waals surface area (Å²) in [6, 6.07) is 9.37. The number of nitrogens with zero attached hydrogens (tertiary/aromatic N) is 2. The zero-order valence-corrected chi connectivity index (χ0v) is 20.4. The van der Waals surface area contributed by atoms with Crippen molar-refractivity contribution in [2.75, 3.05) is 0 Å². The molecule has 2 aromatic heterocycles. The summed E-state index contributed by atoms with van der Waals surface area (Å²) >= 11 is 0. The van der Waals surface area contributed by atoms with Gasteiger partial charge in [0.05, 0.1) is 34.4 Å². The predicted octanol–water partition coefficient (Wildman–Crippen LogP) is 3.05. The Labute approximate surface area is 201 Å². The van der Waals surface area contributed by atoms with Crippen molar-refractivity contribution >= 4 is 27.7 Å². The second-order valence-electron chi connectivity index (χ2n) is 7.71. The van der Waals surface area contributed by atoms with Crippen molar-refractivity contribution in [3.63, 3.8) is 0 Å². The minimum atomic E-state index is -1.49. The molecule has 2 aliphatic heterocycles. The Morgan fingerprint density at radius 2 is 2.00 bits per heavy atom. The fourth-order valence-corrected chi connectivity index (χ4v) is 5.27. The minimum Gasteiger partial charge on any atom is -0.460 e. The van der Waals surface area contributed by atoms with Crippen LogP contribution in [0.1, 0.15) is 37.0 Å². The zero-order valence-electron chi connectivity index (χ0n) is 16.7. The first kappa shape index (κ1) is 21.5. The molecule has 0 saturated heterocycles. The van der Waals surface area contributed by atoms with Gasteiger partial charge in [0, 0.05) is 48.6 Å². The van der Waals surface area contributed by atoms with Gasteiger partial charge >= 0.3 is 5.97 Å². The first-order valence-electron chi connectivity index (χ1n) is 9.44. The Kier molecular flexibility index (Phi) is 5.36. The van der Waals surface area contributed by atoms with Crippen molar-refractivity contribution in [3.8, 4) is 11.4 Å². The van der Waals surface area contributed by atoms with Crippen LogP contribution in [0.5, 0.6) is 0 Å². The van der Waals surface area contributed by atoms with Crippen LogP contribution in [0.4, 0.5) is 0 Å². The number of aromatic nitrogens is 2. The van der Waals surface area contributed by atoms with Crippen molar-refractivity contribution in [3.05, 3.63) is 63.6 Å². The molecule has 3 aromatic rings. The molecule has 2 unspecified atom stereocenters. The molecule has 8 heteroatoms. The molecule has 0 bridgehead atoms. The minimum absolute atomic E-state index is 0. The molecular formula is C22H19N2O4SY-. The monoisotopic (exact) mass is 496 g/mol. The second-order valence-corrected chi connectivity index (χ2v) is 8.80. The topological polar surface area (TPSA) is 78.3 Å². The third-order valence-electron chi connectivity index (χ3n) is 6.23. The molecule has 1 radical (unpaired) electrons. The van der Waals surface area contributed by atoms with Gasteiger partial charge in [0.2, 0.25) is 0 Å². The Morgan fingerprint density at radius 1 is 1.27 bits per heavy atom. The van der Waals surface area contributed by atoms with E-state index in [1.807, 2.05) is 44.2 Å². The maximum absolute atomic E-state index is 13.3. The summed E-state index contributed by atoms with van der Waals surface area (Å²) in [7, 11) is -1.49. The summed E-state index contributed by atoms with van der Waals surface area (Å²) in [6.45, 7) is 3.97. The largest absolute Gasteiger partial charge is 0.460 e. The van der Waals surface area contributed by atoms with Crippen LogP contribution in [-0.4, -0.2) is 19.7 Å². The van der Waals surface area contributed by atoms with Crippen LogP contribution in [-0.2, 0) is 71.6 Å². The molecule has 0 aliphatic carbocycles. The summed E-state index contributed by atoms with van der Waals surface area (Å²) in [5, 5.41) is 0.780. The van der Waals surface area contributed by atoms with E-state index in [2.05, 4.69) is 6.26 Å². The second kappa shape index (κ2) is 7.47. The SMILES string of the molecule is [CH2-]S(=O)c1c2c(nc3ccccc13)-c1cc3c(c(=O)n1C2)COC(=O)C3(C)CC.[Y]. The average molecular weight is 496 g/mol. The summed E-state index contributed by atoms with van der Waals surface area (Å²) < 4.78 is 19.5. The number of para-hydroxylation sites is 1.